The Morgan fingerprint density at radius 2 is 2.00 bits per heavy atom. The van der Waals surface area contributed by atoms with Crippen molar-refractivity contribution in [1.82, 2.24) is 15.0 Å². The zero-order valence-electron chi connectivity index (χ0n) is 17.1. The molecule has 1 amide bonds. The Kier molecular flexibility index (Phi) is 6.04. The van der Waals surface area contributed by atoms with E-state index in [9.17, 15) is 9.59 Å². The summed E-state index contributed by atoms with van der Waals surface area (Å²) in [6.45, 7) is 5.91. The molecule has 1 N–H and O–H groups in total. The van der Waals surface area contributed by atoms with Crippen LogP contribution in [0.1, 0.15) is 30.2 Å². The topological polar surface area (TPSA) is 79.0 Å². The molecule has 31 heavy (non-hydrogen) atoms. The van der Waals surface area contributed by atoms with E-state index in [0.717, 1.165) is 16.0 Å². The minimum absolute atomic E-state index is 0.0720. The highest BCUT2D eigenvalue weighted by Crippen LogP contribution is 2.36. The Labute approximate surface area is 191 Å². The van der Waals surface area contributed by atoms with Gasteiger partial charge in [0.25, 0.3) is 5.56 Å². The summed E-state index contributed by atoms with van der Waals surface area (Å²) in [5, 5.41) is 3.25. The van der Waals surface area contributed by atoms with Crippen molar-refractivity contribution < 1.29 is 4.79 Å². The molecule has 3 heterocycles. The second-order valence-corrected chi connectivity index (χ2v) is 9.25. The number of rotatable bonds is 5. The van der Waals surface area contributed by atoms with Crippen LogP contribution in [-0.2, 0) is 4.79 Å². The monoisotopic (exact) mass is 470 g/mol. The summed E-state index contributed by atoms with van der Waals surface area (Å²) in [7, 11) is 0. The molecule has 0 unspecified atom stereocenters. The highest BCUT2D eigenvalue weighted by molar-refractivity contribution is 7.19. The number of benzene rings is 1. The van der Waals surface area contributed by atoms with Gasteiger partial charge in [-0.25, -0.2) is 9.97 Å². The van der Waals surface area contributed by atoms with Gasteiger partial charge in [-0.1, -0.05) is 41.9 Å². The first-order chi connectivity index (χ1) is 14.9. The summed E-state index contributed by atoms with van der Waals surface area (Å²) in [6.07, 6.45) is 1.64. The standard InChI is InChI=1S/C22H19ClN4O2S2/c1-4-27(13(3)28)22-24-15(11-30-22)10-16(23)19-25-20(29)18-17(12(2)31-21(18)26-19)14-8-6-5-7-9-14/h5-11H,4H2,1-3H3,(H,25,26,29)/b16-10-. The quantitative estimate of drug-likeness (QED) is 0.416. The fourth-order valence-corrected chi connectivity index (χ4v) is 5.48. The van der Waals surface area contributed by atoms with Crippen molar-refractivity contribution in [2.45, 2.75) is 20.8 Å². The average molecular weight is 471 g/mol. The predicted octanol–water partition coefficient (Wildman–Crippen LogP) is 5.53. The van der Waals surface area contributed by atoms with Gasteiger partial charge in [0.1, 0.15) is 4.83 Å². The normalized spacial score (nSPS) is 11.8. The number of H-pyrrole nitrogens is 1. The molecule has 158 valence electrons. The number of thiazole rings is 1. The maximum Gasteiger partial charge on any atom is 0.260 e. The summed E-state index contributed by atoms with van der Waals surface area (Å²) >= 11 is 9.30. The molecule has 0 atom stereocenters. The zero-order chi connectivity index (χ0) is 22.1. The lowest BCUT2D eigenvalue weighted by Crippen LogP contribution is -2.27. The van der Waals surface area contributed by atoms with Crippen LogP contribution in [-0.4, -0.2) is 27.4 Å². The van der Waals surface area contributed by atoms with E-state index in [1.807, 2.05) is 49.6 Å². The van der Waals surface area contributed by atoms with Crippen LogP contribution in [0.5, 0.6) is 0 Å². The van der Waals surface area contributed by atoms with Crippen LogP contribution in [0.15, 0.2) is 40.5 Å². The number of anilines is 1. The fourth-order valence-electron chi connectivity index (χ4n) is 3.34. The number of thiophene rings is 1. The van der Waals surface area contributed by atoms with Gasteiger partial charge in [0.05, 0.1) is 16.1 Å². The highest BCUT2D eigenvalue weighted by Gasteiger charge is 2.18. The third-order valence-corrected chi connectivity index (χ3v) is 6.91. The number of nitrogens with zero attached hydrogens (tertiary/aromatic N) is 3. The molecular weight excluding hydrogens is 452 g/mol. The molecule has 9 heteroatoms. The van der Waals surface area contributed by atoms with Gasteiger partial charge in [-0.2, -0.15) is 0 Å². The maximum absolute atomic E-state index is 12.9. The van der Waals surface area contributed by atoms with E-state index in [2.05, 4.69) is 15.0 Å². The Morgan fingerprint density at radius 1 is 1.26 bits per heavy atom. The number of fused-ring (bicyclic) bond motifs is 1. The number of aryl methyl sites for hydroxylation is 1. The number of aromatic amines is 1. The zero-order valence-corrected chi connectivity index (χ0v) is 19.5. The van der Waals surface area contributed by atoms with E-state index in [4.69, 9.17) is 11.6 Å². The molecule has 6 nitrogen and oxygen atoms in total. The van der Waals surface area contributed by atoms with Gasteiger partial charge in [-0.15, -0.1) is 22.7 Å². The van der Waals surface area contributed by atoms with Crippen LogP contribution < -0.4 is 10.5 Å². The largest absolute Gasteiger partial charge is 0.305 e. The molecule has 4 rings (SSSR count). The maximum atomic E-state index is 12.9. The first kappa shape index (κ1) is 21.4. The lowest BCUT2D eigenvalue weighted by molar-refractivity contribution is -0.116. The van der Waals surface area contributed by atoms with E-state index >= 15 is 0 Å². The number of nitrogens with one attached hydrogen (secondary N) is 1. The second-order valence-electron chi connectivity index (χ2n) is 6.80. The van der Waals surface area contributed by atoms with Crippen molar-refractivity contribution in [3.63, 3.8) is 0 Å². The molecule has 0 aliphatic heterocycles. The minimum Gasteiger partial charge on any atom is -0.305 e. The number of carbonyl (C=O) groups is 1. The van der Waals surface area contributed by atoms with E-state index < -0.39 is 0 Å². The van der Waals surface area contributed by atoms with Crippen LogP contribution in [0.25, 0.3) is 32.5 Å². The van der Waals surface area contributed by atoms with Gasteiger partial charge < -0.3 is 4.98 Å². The van der Waals surface area contributed by atoms with Gasteiger partial charge >= 0.3 is 0 Å². The average Bonchev–Trinajstić information content (AvgIpc) is 3.32. The molecular formula is C22H19ClN4O2S2. The Balaban J connectivity index is 1.73. The summed E-state index contributed by atoms with van der Waals surface area (Å²) in [4.78, 5) is 39.8. The van der Waals surface area contributed by atoms with Gasteiger partial charge in [0, 0.05) is 29.3 Å². The highest BCUT2D eigenvalue weighted by atomic mass is 35.5. The van der Waals surface area contributed by atoms with Crippen molar-refractivity contribution in [3.8, 4) is 11.1 Å². The Hall–Kier alpha value is -2.81. The van der Waals surface area contributed by atoms with E-state index in [-0.39, 0.29) is 22.3 Å². The van der Waals surface area contributed by atoms with Crippen LogP contribution in [0, 0.1) is 6.92 Å². The van der Waals surface area contributed by atoms with Crippen LogP contribution in [0.2, 0.25) is 0 Å². The van der Waals surface area contributed by atoms with E-state index in [1.165, 1.54) is 29.6 Å². The molecule has 0 bridgehead atoms. The first-order valence-corrected chi connectivity index (χ1v) is 11.7. The third-order valence-electron chi connectivity index (χ3n) is 4.74. The number of aromatic nitrogens is 3. The molecule has 0 saturated heterocycles. The Bertz CT molecular complexity index is 1360. The van der Waals surface area contributed by atoms with Crippen LogP contribution in [0.3, 0.4) is 0 Å². The van der Waals surface area contributed by atoms with E-state index in [1.54, 1.807) is 11.0 Å². The molecule has 0 saturated carbocycles. The number of carbonyl (C=O) groups excluding carboxylic acids is 1. The summed E-state index contributed by atoms with van der Waals surface area (Å²) < 4.78 is 0. The summed E-state index contributed by atoms with van der Waals surface area (Å²) in [5.74, 6) is 0.214. The number of amides is 1. The SMILES string of the molecule is CCN(C(C)=O)c1nc(/C=C(\Cl)c2nc3sc(C)c(-c4ccccc4)c3c(=O)[nH]2)cs1. The van der Waals surface area contributed by atoms with Crippen molar-refractivity contribution in [3.05, 3.63) is 62.5 Å². The third kappa shape index (κ3) is 4.19. The lowest BCUT2D eigenvalue weighted by Gasteiger charge is -2.14. The molecule has 3 aromatic heterocycles. The van der Waals surface area contributed by atoms with E-state index in [0.29, 0.717) is 27.6 Å². The van der Waals surface area contributed by atoms with Gasteiger partial charge in [0.15, 0.2) is 11.0 Å². The Morgan fingerprint density at radius 3 is 2.68 bits per heavy atom. The molecule has 4 aromatic rings. The van der Waals surface area contributed by atoms with Crippen LogP contribution in [0.4, 0.5) is 5.13 Å². The van der Waals surface area contributed by atoms with Crippen molar-refractivity contribution >= 4 is 66.6 Å². The van der Waals surface area contributed by atoms with Crippen molar-refractivity contribution in [2.75, 3.05) is 11.4 Å². The second kappa shape index (κ2) is 8.74. The summed E-state index contributed by atoms with van der Waals surface area (Å²) in [5.41, 5.74) is 2.24. The molecule has 0 spiro atoms. The lowest BCUT2D eigenvalue weighted by atomic mass is 10.0. The molecule has 0 fully saturated rings. The molecule has 0 aliphatic rings. The van der Waals surface area contributed by atoms with Gasteiger partial charge in [-0.05, 0) is 25.5 Å². The van der Waals surface area contributed by atoms with Gasteiger partial charge in [0.2, 0.25) is 5.91 Å². The summed E-state index contributed by atoms with van der Waals surface area (Å²) in [6, 6.07) is 9.80. The van der Waals surface area contributed by atoms with Gasteiger partial charge in [-0.3, -0.25) is 14.5 Å². The molecule has 0 radical (unpaired) electrons. The smallest absolute Gasteiger partial charge is 0.260 e. The first-order valence-electron chi connectivity index (χ1n) is 9.59. The fraction of sp³-hybridized carbons (Fsp3) is 0.182. The minimum atomic E-state index is -0.234. The molecule has 0 aliphatic carbocycles. The number of hydrogen-bond donors (Lipinski definition) is 1. The van der Waals surface area contributed by atoms with Crippen molar-refractivity contribution in [2.24, 2.45) is 0 Å². The molecule has 1 aromatic carbocycles. The number of hydrogen-bond acceptors (Lipinski definition) is 6. The van der Waals surface area contributed by atoms with Crippen LogP contribution >= 0.6 is 34.3 Å². The number of halogens is 1. The van der Waals surface area contributed by atoms with Crippen molar-refractivity contribution in [1.29, 1.82) is 0 Å². The predicted molar refractivity (Wildman–Crippen MR) is 130 cm³/mol.